The molecule has 112 valence electrons. The van der Waals surface area contributed by atoms with Gasteiger partial charge in [0.1, 0.15) is 5.75 Å². The molecule has 0 bridgehead atoms. The third-order valence-corrected chi connectivity index (χ3v) is 4.52. The molecule has 1 rings (SSSR count). The Balaban J connectivity index is 2.90. The molecule has 0 radical (unpaired) electrons. The van der Waals surface area contributed by atoms with Crippen molar-refractivity contribution in [1.82, 2.24) is 0 Å². The van der Waals surface area contributed by atoms with Crippen molar-refractivity contribution in [1.29, 1.82) is 0 Å². The van der Waals surface area contributed by atoms with Crippen molar-refractivity contribution < 1.29 is 18.3 Å². The second kappa shape index (κ2) is 7.40. The van der Waals surface area contributed by atoms with Gasteiger partial charge in [0.05, 0.1) is 12.4 Å². The fourth-order valence-electron chi connectivity index (χ4n) is 1.99. The summed E-state index contributed by atoms with van der Waals surface area (Å²) < 4.78 is 23.0. The quantitative estimate of drug-likeness (QED) is 0.791. The van der Waals surface area contributed by atoms with E-state index in [9.17, 15) is 13.2 Å². The molecule has 0 atom stereocenters. The molecule has 0 aromatic heterocycles. The number of para-hydroxylation sites is 1. The lowest BCUT2D eigenvalue weighted by Crippen LogP contribution is -2.26. The maximum atomic E-state index is 11.9. The summed E-state index contributed by atoms with van der Waals surface area (Å²) in [5.74, 6) is -1.56. The SMILES string of the molecule is CCc1cccc(CC)c1NC(=O)CS(=O)(=O)CCO. The fourth-order valence-corrected chi connectivity index (χ4v) is 2.88. The average molecular weight is 299 g/mol. The van der Waals surface area contributed by atoms with Crippen LogP contribution in [0.15, 0.2) is 18.2 Å². The first-order valence-corrected chi connectivity index (χ1v) is 8.47. The summed E-state index contributed by atoms with van der Waals surface area (Å²) in [6.45, 7) is 3.49. The van der Waals surface area contributed by atoms with Crippen LogP contribution in [0.3, 0.4) is 0 Å². The van der Waals surface area contributed by atoms with Gasteiger partial charge < -0.3 is 10.4 Å². The lowest BCUT2D eigenvalue weighted by Gasteiger charge is -2.14. The number of aryl methyl sites for hydroxylation is 2. The molecule has 0 spiro atoms. The number of amides is 1. The van der Waals surface area contributed by atoms with E-state index in [0.717, 1.165) is 24.0 Å². The van der Waals surface area contributed by atoms with Crippen molar-refractivity contribution in [3.63, 3.8) is 0 Å². The second-order valence-corrected chi connectivity index (χ2v) is 6.71. The van der Waals surface area contributed by atoms with E-state index in [4.69, 9.17) is 5.11 Å². The number of aliphatic hydroxyl groups is 1. The first-order valence-electron chi connectivity index (χ1n) is 6.65. The number of anilines is 1. The fraction of sp³-hybridized carbons (Fsp3) is 0.500. The van der Waals surface area contributed by atoms with Crippen LogP contribution in [0.25, 0.3) is 0 Å². The number of benzene rings is 1. The zero-order chi connectivity index (χ0) is 15.2. The topological polar surface area (TPSA) is 83.5 Å². The maximum absolute atomic E-state index is 11.9. The summed E-state index contributed by atoms with van der Waals surface area (Å²) in [5, 5.41) is 11.4. The van der Waals surface area contributed by atoms with Crippen LogP contribution < -0.4 is 5.32 Å². The van der Waals surface area contributed by atoms with Crippen LogP contribution in [0.2, 0.25) is 0 Å². The van der Waals surface area contributed by atoms with E-state index in [2.05, 4.69) is 5.32 Å². The van der Waals surface area contributed by atoms with Crippen molar-refractivity contribution in [2.24, 2.45) is 0 Å². The highest BCUT2D eigenvalue weighted by Crippen LogP contribution is 2.22. The normalized spacial score (nSPS) is 11.3. The van der Waals surface area contributed by atoms with E-state index in [0.29, 0.717) is 5.69 Å². The molecule has 0 aliphatic heterocycles. The summed E-state index contributed by atoms with van der Waals surface area (Å²) in [5.41, 5.74) is 2.68. The number of aliphatic hydroxyl groups excluding tert-OH is 1. The molecular weight excluding hydrogens is 278 g/mol. The third-order valence-electron chi connectivity index (χ3n) is 3.02. The molecule has 20 heavy (non-hydrogen) atoms. The molecule has 1 aromatic rings. The highest BCUT2D eigenvalue weighted by atomic mass is 32.2. The van der Waals surface area contributed by atoms with Gasteiger partial charge in [0.2, 0.25) is 5.91 Å². The molecule has 6 heteroatoms. The first-order chi connectivity index (χ1) is 9.43. The summed E-state index contributed by atoms with van der Waals surface area (Å²) >= 11 is 0. The van der Waals surface area contributed by atoms with Gasteiger partial charge in [-0.15, -0.1) is 0 Å². The van der Waals surface area contributed by atoms with Crippen LogP contribution in [-0.4, -0.2) is 37.5 Å². The van der Waals surface area contributed by atoms with Gasteiger partial charge in [-0.1, -0.05) is 32.0 Å². The Labute approximate surface area is 119 Å². The highest BCUT2D eigenvalue weighted by molar-refractivity contribution is 7.92. The molecule has 0 heterocycles. The number of hydrogen-bond acceptors (Lipinski definition) is 4. The molecule has 0 saturated heterocycles. The van der Waals surface area contributed by atoms with Gasteiger partial charge in [0, 0.05) is 5.69 Å². The van der Waals surface area contributed by atoms with Crippen molar-refractivity contribution in [3.05, 3.63) is 29.3 Å². The van der Waals surface area contributed by atoms with E-state index in [-0.39, 0.29) is 0 Å². The minimum Gasteiger partial charge on any atom is -0.395 e. The Morgan fingerprint density at radius 3 is 2.20 bits per heavy atom. The number of carbonyl (C=O) groups is 1. The van der Waals surface area contributed by atoms with Gasteiger partial charge in [0.15, 0.2) is 9.84 Å². The Hall–Kier alpha value is -1.40. The van der Waals surface area contributed by atoms with E-state index < -0.39 is 33.9 Å². The Morgan fingerprint density at radius 2 is 1.75 bits per heavy atom. The Morgan fingerprint density at radius 1 is 1.20 bits per heavy atom. The minimum atomic E-state index is -3.55. The number of nitrogens with one attached hydrogen (secondary N) is 1. The van der Waals surface area contributed by atoms with Gasteiger partial charge >= 0.3 is 0 Å². The predicted octanol–water partition coefficient (Wildman–Crippen LogP) is 1.16. The zero-order valence-electron chi connectivity index (χ0n) is 11.8. The summed E-state index contributed by atoms with van der Waals surface area (Å²) in [6.07, 6.45) is 1.51. The van der Waals surface area contributed by atoms with Crippen LogP contribution in [-0.2, 0) is 27.5 Å². The van der Waals surface area contributed by atoms with Crippen molar-refractivity contribution in [2.75, 3.05) is 23.4 Å². The summed E-state index contributed by atoms with van der Waals surface area (Å²) in [4.78, 5) is 11.9. The summed E-state index contributed by atoms with van der Waals surface area (Å²) in [7, 11) is -3.55. The van der Waals surface area contributed by atoms with E-state index in [1.165, 1.54) is 0 Å². The molecule has 2 N–H and O–H groups in total. The van der Waals surface area contributed by atoms with Crippen LogP contribution in [0.4, 0.5) is 5.69 Å². The van der Waals surface area contributed by atoms with Crippen LogP contribution >= 0.6 is 0 Å². The molecule has 0 saturated carbocycles. The van der Waals surface area contributed by atoms with Crippen molar-refractivity contribution in [2.45, 2.75) is 26.7 Å². The molecule has 0 fully saturated rings. The standard InChI is InChI=1S/C14H21NO4S/c1-3-11-6-5-7-12(4-2)14(11)15-13(17)10-20(18,19)9-8-16/h5-7,16H,3-4,8-10H2,1-2H3,(H,15,17). The Kier molecular flexibility index (Phi) is 6.16. The van der Waals surface area contributed by atoms with Crippen LogP contribution in [0, 0.1) is 0 Å². The highest BCUT2D eigenvalue weighted by Gasteiger charge is 2.17. The largest absolute Gasteiger partial charge is 0.395 e. The number of rotatable bonds is 7. The minimum absolute atomic E-state index is 0.392. The van der Waals surface area contributed by atoms with Gasteiger partial charge in [-0.3, -0.25) is 4.79 Å². The molecule has 0 aliphatic rings. The first kappa shape index (κ1) is 16.7. The summed E-state index contributed by atoms with van der Waals surface area (Å²) in [6, 6.07) is 5.75. The Bertz CT molecular complexity index is 544. The lowest BCUT2D eigenvalue weighted by molar-refractivity contribution is -0.113. The average Bonchev–Trinajstić information content (AvgIpc) is 2.37. The molecule has 0 unspecified atom stereocenters. The second-order valence-electron chi connectivity index (χ2n) is 4.52. The molecular formula is C14H21NO4S. The smallest absolute Gasteiger partial charge is 0.239 e. The monoisotopic (exact) mass is 299 g/mol. The number of hydrogen-bond donors (Lipinski definition) is 2. The molecule has 1 aromatic carbocycles. The number of sulfone groups is 1. The molecule has 5 nitrogen and oxygen atoms in total. The van der Waals surface area contributed by atoms with Gasteiger partial charge in [-0.2, -0.15) is 0 Å². The van der Waals surface area contributed by atoms with E-state index in [1.807, 2.05) is 32.0 Å². The van der Waals surface area contributed by atoms with Crippen molar-refractivity contribution in [3.8, 4) is 0 Å². The molecule has 0 aliphatic carbocycles. The lowest BCUT2D eigenvalue weighted by atomic mass is 10.0. The zero-order valence-corrected chi connectivity index (χ0v) is 12.7. The van der Waals surface area contributed by atoms with Crippen LogP contribution in [0.5, 0.6) is 0 Å². The van der Waals surface area contributed by atoms with Crippen molar-refractivity contribution >= 4 is 21.4 Å². The van der Waals surface area contributed by atoms with E-state index >= 15 is 0 Å². The maximum Gasteiger partial charge on any atom is 0.239 e. The number of carbonyl (C=O) groups excluding carboxylic acids is 1. The van der Waals surface area contributed by atoms with Gasteiger partial charge in [-0.05, 0) is 24.0 Å². The van der Waals surface area contributed by atoms with Crippen LogP contribution in [0.1, 0.15) is 25.0 Å². The van der Waals surface area contributed by atoms with Gasteiger partial charge in [-0.25, -0.2) is 8.42 Å². The van der Waals surface area contributed by atoms with E-state index in [1.54, 1.807) is 0 Å². The third kappa shape index (κ3) is 4.61. The molecule has 1 amide bonds. The predicted molar refractivity (Wildman–Crippen MR) is 79.6 cm³/mol. The van der Waals surface area contributed by atoms with Gasteiger partial charge in [0.25, 0.3) is 0 Å².